The van der Waals surface area contributed by atoms with Gasteiger partial charge in [-0.15, -0.1) is 0 Å². The zero-order chi connectivity index (χ0) is 18.7. The Morgan fingerprint density at radius 3 is 2.46 bits per heavy atom. The van der Waals surface area contributed by atoms with Crippen molar-refractivity contribution in [3.05, 3.63) is 59.7 Å². The molecule has 1 aromatic heterocycles. The summed E-state index contributed by atoms with van der Waals surface area (Å²) in [6.07, 6.45) is 0.734. The van der Waals surface area contributed by atoms with E-state index in [0.717, 1.165) is 13.0 Å². The van der Waals surface area contributed by atoms with E-state index in [0.29, 0.717) is 21.9 Å². The number of halogens is 2. The summed E-state index contributed by atoms with van der Waals surface area (Å²) in [5.74, 6) is -1.08. The van der Waals surface area contributed by atoms with E-state index in [4.69, 9.17) is 0 Å². The predicted octanol–water partition coefficient (Wildman–Crippen LogP) is 4.17. The number of anilines is 1. The van der Waals surface area contributed by atoms with Crippen LogP contribution in [0.15, 0.2) is 42.5 Å². The maximum absolute atomic E-state index is 14.0. The summed E-state index contributed by atoms with van der Waals surface area (Å²) in [5.41, 5.74) is 0.632. The third kappa shape index (κ3) is 4.05. The SMILES string of the molecule is CN(C)CCCN(C(=O)c1ccc(F)cc1)c1nc2c(F)cccc2s1. The van der Waals surface area contributed by atoms with Crippen molar-refractivity contribution in [2.24, 2.45) is 0 Å². The lowest BCUT2D eigenvalue weighted by Crippen LogP contribution is -2.33. The van der Waals surface area contributed by atoms with Gasteiger partial charge in [-0.05, 0) is 63.5 Å². The number of carbonyl (C=O) groups is 1. The van der Waals surface area contributed by atoms with Gasteiger partial charge in [-0.25, -0.2) is 13.8 Å². The van der Waals surface area contributed by atoms with Crippen LogP contribution in [0.4, 0.5) is 13.9 Å². The first-order chi connectivity index (χ1) is 12.5. The second kappa shape index (κ2) is 7.88. The molecule has 0 aliphatic heterocycles. The molecule has 0 bridgehead atoms. The van der Waals surface area contributed by atoms with Crippen LogP contribution in [-0.2, 0) is 0 Å². The second-order valence-corrected chi connectivity index (χ2v) is 7.21. The fourth-order valence-electron chi connectivity index (χ4n) is 2.60. The van der Waals surface area contributed by atoms with Gasteiger partial charge >= 0.3 is 0 Å². The van der Waals surface area contributed by atoms with Crippen molar-refractivity contribution >= 4 is 32.6 Å². The minimum Gasteiger partial charge on any atom is -0.309 e. The zero-order valence-electron chi connectivity index (χ0n) is 14.6. The van der Waals surface area contributed by atoms with Crippen molar-refractivity contribution in [2.45, 2.75) is 6.42 Å². The largest absolute Gasteiger partial charge is 0.309 e. The van der Waals surface area contributed by atoms with Crippen molar-refractivity contribution < 1.29 is 13.6 Å². The highest BCUT2D eigenvalue weighted by molar-refractivity contribution is 7.22. The Bertz CT molecular complexity index is 909. The molecule has 0 fully saturated rings. The van der Waals surface area contributed by atoms with E-state index < -0.39 is 11.6 Å². The van der Waals surface area contributed by atoms with Gasteiger partial charge in [0.05, 0.1) is 4.70 Å². The maximum Gasteiger partial charge on any atom is 0.260 e. The summed E-state index contributed by atoms with van der Waals surface area (Å²) in [6.45, 7) is 1.24. The predicted molar refractivity (Wildman–Crippen MR) is 101 cm³/mol. The number of hydrogen-bond acceptors (Lipinski definition) is 4. The monoisotopic (exact) mass is 375 g/mol. The molecule has 1 heterocycles. The van der Waals surface area contributed by atoms with Gasteiger partial charge < -0.3 is 4.90 Å². The second-order valence-electron chi connectivity index (χ2n) is 6.20. The Labute approximate surface area is 154 Å². The Morgan fingerprint density at radius 2 is 1.81 bits per heavy atom. The van der Waals surface area contributed by atoms with Crippen LogP contribution in [-0.4, -0.2) is 43.0 Å². The summed E-state index contributed by atoms with van der Waals surface area (Å²) >= 11 is 1.27. The van der Waals surface area contributed by atoms with E-state index in [9.17, 15) is 13.6 Å². The molecule has 2 aromatic carbocycles. The zero-order valence-corrected chi connectivity index (χ0v) is 15.4. The third-order valence-electron chi connectivity index (χ3n) is 3.91. The maximum atomic E-state index is 14.0. The lowest BCUT2D eigenvalue weighted by Gasteiger charge is -2.21. The van der Waals surface area contributed by atoms with Crippen LogP contribution in [0.3, 0.4) is 0 Å². The van der Waals surface area contributed by atoms with Crippen LogP contribution >= 0.6 is 11.3 Å². The van der Waals surface area contributed by atoms with Gasteiger partial charge in [0.25, 0.3) is 5.91 Å². The molecule has 0 N–H and O–H groups in total. The molecule has 4 nitrogen and oxygen atoms in total. The molecule has 0 unspecified atom stereocenters. The number of nitrogens with zero attached hydrogens (tertiary/aromatic N) is 3. The summed E-state index contributed by atoms with van der Waals surface area (Å²) in [7, 11) is 3.92. The van der Waals surface area contributed by atoms with Gasteiger partial charge in [-0.2, -0.15) is 0 Å². The van der Waals surface area contributed by atoms with Gasteiger partial charge in [0, 0.05) is 12.1 Å². The smallest absolute Gasteiger partial charge is 0.260 e. The van der Waals surface area contributed by atoms with Crippen LogP contribution in [0.25, 0.3) is 10.2 Å². The van der Waals surface area contributed by atoms with Crippen molar-refractivity contribution in [3.63, 3.8) is 0 Å². The number of rotatable bonds is 6. The first-order valence-electron chi connectivity index (χ1n) is 8.23. The minimum absolute atomic E-state index is 0.261. The molecule has 136 valence electrons. The van der Waals surface area contributed by atoms with Crippen molar-refractivity contribution in [1.82, 2.24) is 9.88 Å². The molecule has 0 atom stereocenters. The number of para-hydroxylation sites is 1. The Hall–Kier alpha value is -2.38. The van der Waals surface area contributed by atoms with Gasteiger partial charge in [-0.3, -0.25) is 9.69 Å². The van der Waals surface area contributed by atoms with Crippen LogP contribution in [0.5, 0.6) is 0 Å². The molecule has 0 radical (unpaired) electrons. The van der Waals surface area contributed by atoms with E-state index in [2.05, 4.69) is 4.98 Å². The number of hydrogen-bond donors (Lipinski definition) is 0. The molecular formula is C19H19F2N3OS. The quantitative estimate of drug-likeness (QED) is 0.649. The number of thiazole rings is 1. The van der Waals surface area contributed by atoms with E-state index >= 15 is 0 Å². The lowest BCUT2D eigenvalue weighted by molar-refractivity contribution is 0.0986. The molecule has 1 amide bonds. The number of fused-ring (bicyclic) bond motifs is 1. The number of carbonyl (C=O) groups excluding carboxylic acids is 1. The minimum atomic E-state index is -0.410. The lowest BCUT2D eigenvalue weighted by atomic mass is 10.2. The average Bonchev–Trinajstić information content (AvgIpc) is 3.04. The van der Waals surface area contributed by atoms with E-state index in [1.54, 1.807) is 17.0 Å². The molecule has 0 aliphatic carbocycles. The molecule has 26 heavy (non-hydrogen) atoms. The fraction of sp³-hybridized carbons (Fsp3) is 0.263. The molecule has 0 spiro atoms. The highest BCUT2D eigenvalue weighted by Gasteiger charge is 2.22. The summed E-state index contributed by atoms with van der Waals surface area (Å²) in [6, 6.07) is 10.2. The van der Waals surface area contributed by atoms with Gasteiger partial charge in [0.1, 0.15) is 17.2 Å². The normalized spacial score (nSPS) is 11.3. The number of aromatic nitrogens is 1. The summed E-state index contributed by atoms with van der Waals surface area (Å²) in [5, 5.41) is 0.443. The van der Waals surface area contributed by atoms with Gasteiger partial charge in [0.15, 0.2) is 5.13 Å². The Balaban J connectivity index is 1.94. The number of benzene rings is 2. The van der Waals surface area contributed by atoms with Crippen LogP contribution in [0, 0.1) is 11.6 Å². The van der Waals surface area contributed by atoms with E-state index in [-0.39, 0.29) is 11.4 Å². The molecule has 0 aliphatic rings. The Kier molecular flexibility index (Phi) is 5.58. The fourth-order valence-corrected chi connectivity index (χ4v) is 3.60. The molecule has 3 aromatic rings. The highest BCUT2D eigenvalue weighted by Crippen LogP contribution is 2.31. The van der Waals surface area contributed by atoms with Crippen LogP contribution in [0.1, 0.15) is 16.8 Å². The van der Waals surface area contributed by atoms with Crippen molar-refractivity contribution in [1.29, 1.82) is 0 Å². The van der Waals surface area contributed by atoms with Gasteiger partial charge in [0.2, 0.25) is 0 Å². The highest BCUT2D eigenvalue weighted by atomic mass is 32.1. The number of amides is 1. The van der Waals surface area contributed by atoms with Crippen LogP contribution < -0.4 is 4.90 Å². The Morgan fingerprint density at radius 1 is 1.08 bits per heavy atom. The van der Waals surface area contributed by atoms with Gasteiger partial charge in [-0.1, -0.05) is 17.4 Å². The topological polar surface area (TPSA) is 36.4 Å². The van der Waals surface area contributed by atoms with E-state index in [1.807, 2.05) is 19.0 Å². The molecule has 7 heteroatoms. The first kappa shape index (κ1) is 18.4. The van der Waals surface area contributed by atoms with Crippen molar-refractivity contribution in [3.8, 4) is 0 Å². The standard InChI is InChI=1S/C19H19F2N3OS/c1-23(2)11-4-12-24(18(25)13-7-9-14(20)10-8-13)19-22-17-15(21)5-3-6-16(17)26-19/h3,5-10H,4,11-12H2,1-2H3. The summed E-state index contributed by atoms with van der Waals surface area (Å²) in [4.78, 5) is 20.9. The summed E-state index contributed by atoms with van der Waals surface area (Å²) < 4.78 is 27.8. The molecule has 3 rings (SSSR count). The third-order valence-corrected chi connectivity index (χ3v) is 4.96. The van der Waals surface area contributed by atoms with E-state index in [1.165, 1.54) is 41.7 Å². The first-order valence-corrected chi connectivity index (χ1v) is 9.04. The molecule has 0 saturated carbocycles. The van der Waals surface area contributed by atoms with Crippen LogP contribution in [0.2, 0.25) is 0 Å². The van der Waals surface area contributed by atoms with Crippen molar-refractivity contribution in [2.75, 3.05) is 32.1 Å². The molecule has 0 saturated heterocycles. The molecular weight excluding hydrogens is 356 g/mol. The average molecular weight is 375 g/mol.